The predicted octanol–water partition coefficient (Wildman–Crippen LogP) is 5.83. The van der Waals surface area contributed by atoms with Crippen molar-refractivity contribution in [2.75, 3.05) is 5.32 Å². The SMILES string of the molecule is CCC(Nc1cccc(F)c1F)c1ccc(Cl)cc1Cl. The number of halogens is 4. The summed E-state index contributed by atoms with van der Waals surface area (Å²) in [5, 5.41) is 4.00. The van der Waals surface area contributed by atoms with Gasteiger partial charge in [-0.2, -0.15) is 0 Å². The Balaban J connectivity index is 2.31. The molecule has 106 valence electrons. The zero-order valence-electron chi connectivity index (χ0n) is 10.8. The second-order valence-electron chi connectivity index (χ2n) is 4.37. The maximum atomic E-state index is 13.7. The third-order valence-electron chi connectivity index (χ3n) is 3.03. The Hall–Kier alpha value is -1.32. The van der Waals surface area contributed by atoms with Gasteiger partial charge in [0.25, 0.3) is 0 Å². The highest BCUT2D eigenvalue weighted by Crippen LogP contribution is 2.31. The minimum absolute atomic E-state index is 0.114. The summed E-state index contributed by atoms with van der Waals surface area (Å²) in [5.74, 6) is -1.77. The first-order valence-corrected chi connectivity index (χ1v) is 6.94. The molecule has 0 aliphatic heterocycles. The largest absolute Gasteiger partial charge is 0.376 e. The third-order valence-corrected chi connectivity index (χ3v) is 3.59. The molecule has 0 fully saturated rings. The van der Waals surface area contributed by atoms with E-state index in [0.717, 1.165) is 11.6 Å². The smallest absolute Gasteiger partial charge is 0.181 e. The zero-order chi connectivity index (χ0) is 14.7. The van der Waals surface area contributed by atoms with E-state index in [0.29, 0.717) is 16.5 Å². The maximum absolute atomic E-state index is 13.7. The Bertz CT molecular complexity index is 617. The fourth-order valence-electron chi connectivity index (χ4n) is 1.99. The molecule has 0 radical (unpaired) electrons. The van der Waals surface area contributed by atoms with Crippen molar-refractivity contribution in [2.24, 2.45) is 0 Å². The van der Waals surface area contributed by atoms with Crippen LogP contribution in [0.3, 0.4) is 0 Å². The molecule has 1 N–H and O–H groups in total. The molecule has 0 spiro atoms. The van der Waals surface area contributed by atoms with Crippen LogP contribution in [0.1, 0.15) is 24.9 Å². The Labute approximate surface area is 126 Å². The van der Waals surface area contributed by atoms with Gasteiger partial charge in [-0.15, -0.1) is 0 Å². The molecular weight excluding hydrogens is 303 g/mol. The highest BCUT2D eigenvalue weighted by molar-refractivity contribution is 6.35. The summed E-state index contributed by atoms with van der Waals surface area (Å²) in [7, 11) is 0. The standard InChI is InChI=1S/C15H13Cl2F2N/c1-2-13(10-7-6-9(16)8-11(10)17)20-14-5-3-4-12(18)15(14)19/h3-8,13,20H,2H2,1H3. The summed E-state index contributed by atoms with van der Waals surface area (Å²) >= 11 is 12.0. The molecule has 0 heterocycles. The first-order valence-electron chi connectivity index (χ1n) is 6.18. The van der Waals surface area contributed by atoms with Crippen LogP contribution < -0.4 is 5.32 Å². The number of anilines is 1. The third kappa shape index (κ3) is 3.22. The zero-order valence-corrected chi connectivity index (χ0v) is 12.3. The van der Waals surface area contributed by atoms with Gasteiger partial charge in [0.15, 0.2) is 11.6 Å². The Morgan fingerprint density at radius 3 is 2.55 bits per heavy atom. The van der Waals surface area contributed by atoms with Crippen LogP contribution in [0, 0.1) is 11.6 Å². The van der Waals surface area contributed by atoms with Gasteiger partial charge < -0.3 is 5.32 Å². The van der Waals surface area contributed by atoms with Crippen molar-refractivity contribution in [3.8, 4) is 0 Å². The predicted molar refractivity (Wildman–Crippen MR) is 79.5 cm³/mol. The van der Waals surface area contributed by atoms with E-state index in [1.807, 2.05) is 6.92 Å². The maximum Gasteiger partial charge on any atom is 0.181 e. The van der Waals surface area contributed by atoms with E-state index in [1.54, 1.807) is 18.2 Å². The van der Waals surface area contributed by atoms with Crippen LogP contribution in [0.25, 0.3) is 0 Å². The fourth-order valence-corrected chi connectivity index (χ4v) is 2.53. The van der Waals surface area contributed by atoms with Gasteiger partial charge >= 0.3 is 0 Å². The van der Waals surface area contributed by atoms with Gasteiger partial charge in [-0.3, -0.25) is 0 Å². The van der Waals surface area contributed by atoms with E-state index in [4.69, 9.17) is 23.2 Å². The van der Waals surface area contributed by atoms with Crippen LogP contribution in [0.4, 0.5) is 14.5 Å². The lowest BCUT2D eigenvalue weighted by Gasteiger charge is -2.20. The average Bonchev–Trinajstić information content (AvgIpc) is 2.41. The van der Waals surface area contributed by atoms with E-state index < -0.39 is 11.6 Å². The highest BCUT2D eigenvalue weighted by Gasteiger charge is 2.16. The van der Waals surface area contributed by atoms with Gasteiger partial charge in [0.2, 0.25) is 0 Å². The number of rotatable bonds is 4. The molecular formula is C15H13Cl2F2N. The lowest BCUT2D eigenvalue weighted by Crippen LogP contribution is -2.11. The summed E-state index contributed by atoms with van der Waals surface area (Å²) < 4.78 is 26.9. The Morgan fingerprint density at radius 2 is 1.90 bits per heavy atom. The Morgan fingerprint density at radius 1 is 1.15 bits per heavy atom. The van der Waals surface area contributed by atoms with Crippen LogP contribution in [-0.2, 0) is 0 Å². The Kier molecular flexibility index (Phi) is 4.84. The molecule has 2 aromatic carbocycles. The van der Waals surface area contributed by atoms with Crippen molar-refractivity contribution in [1.29, 1.82) is 0 Å². The lowest BCUT2D eigenvalue weighted by atomic mass is 10.0. The molecule has 1 atom stereocenters. The first-order chi connectivity index (χ1) is 9.52. The van der Waals surface area contributed by atoms with Crippen LogP contribution in [-0.4, -0.2) is 0 Å². The van der Waals surface area contributed by atoms with Crippen molar-refractivity contribution in [3.63, 3.8) is 0 Å². The van der Waals surface area contributed by atoms with Crippen LogP contribution in [0.2, 0.25) is 10.0 Å². The normalized spacial score (nSPS) is 12.2. The second-order valence-corrected chi connectivity index (χ2v) is 5.22. The van der Waals surface area contributed by atoms with Gasteiger partial charge in [-0.05, 0) is 36.2 Å². The molecule has 0 saturated heterocycles. The quantitative estimate of drug-likeness (QED) is 0.748. The molecule has 5 heteroatoms. The number of benzene rings is 2. The molecule has 0 amide bonds. The van der Waals surface area contributed by atoms with Crippen LogP contribution in [0.5, 0.6) is 0 Å². The van der Waals surface area contributed by atoms with Crippen molar-refractivity contribution < 1.29 is 8.78 Å². The lowest BCUT2D eigenvalue weighted by molar-refractivity contribution is 0.509. The monoisotopic (exact) mass is 315 g/mol. The summed E-state index contributed by atoms with van der Waals surface area (Å²) in [6.07, 6.45) is 0.664. The molecule has 1 nitrogen and oxygen atoms in total. The summed E-state index contributed by atoms with van der Waals surface area (Å²) in [6, 6.07) is 8.93. The minimum atomic E-state index is -0.893. The number of hydrogen-bond donors (Lipinski definition) is 1. The second kappa shape index (κ2) is 6.42. The van der Waals surface area contributed by atoms with Gasteiger partial charge in [0.1, 0.15) is 0 Å². The molecule has 0 saturated carbocycles. The molecule has 0 aliphatic rings. The van der Waals surface area contributed by atoms with E-state index in [9.17, 15) is 8.78 Å². The molecule has 2 rings (SSSR count). The molecule has 0 aromatic heterocycles. The van der Waals surface area contributed by atoms with Crippen LogP contribution in [0.15, 0.2) is 36.4 Å². The highest BCUT2D eigenvalue weighted by atomic mass is 35.5. The summed E-state index contributed by atoms with van der Waals surface area (Å²) in [5.41, 5.74) is 0.907. The average molecular weight is 316 g/mol. The van der Waals surface area contributed by atoms with Crippen molar-refractivity contribution >= 4 is 28.9 Å². The molecule has 20 heavy (non-hydrogen) atoms. The van der Waals surface area contributed by atoms with Gasteiger partial charge in [-0.1, -0.05) is 42.3 Å². The van der Waals surface area contributed by atoms with Crippen molar-refractivity contribution in [1.82, 2.24) is 0 Å². The molecule has 1 unspecified atom stereocenters. The topological polar surface area (TPSA) is 12.0 Å². The number of nitrogens with one attached hydrogen (secondary N) is 1. The van der Waals surface area contributed by atoms with Gasteiger partial charge in [0, 0.05) is 10.0 Å². The van der Waals surface area contributed by atoms with Crippen molar-refractivity contribution in [3.05, 3.63) is 63.6 Å². The summed E-state index contributed by atoms with van der Waals surface area (Å²) in [4.78, 5) is 0. The number of hydrogen-bond acceptors (Lipinski definition) is 1. The van der Waals surface area contributed by atoms with Crippen molar-refractivity contribution in [2.45, 2.75) is 19.4 Å². The molecule has 2 aromatic rings. The van der Waals surface area contributed by atoms with Gasteiger partial charge in [-0.25, -0.2) is 8.78 Å². The fraction of sp³-hybridized carbons (Fsp3) is 0.200. The van der Waals surface area contributed by atoms with Crippen LogP contribution >= 0.6 is 23.2 Å². The minimum Gasteiger partial charge on any atom is -0.376 e. The van der Waals surface area contributed by atoms with E-state index >= 15 is 0 Å². The van der Waals surface area contributed by atoms with E-state index in [-0.39, 0.29) is 11.7 Å². The first kappa shape index (κ1) is 15.1. The van der Waals surface area contributed by atoms with E-state index in [1.165, 1.54) is 12.1 Å². The van der Waals surface area contributed by atoms with E-state index in [2.05, 4.69) is 5.32 Å². The molecule has 0 aliphatic carbocycles. The van der Waals surface area contributed by atoms with Gasteiger partial charge in [0.05, 0.1) is 11.7 Å². The summed E-state index contributed by atoms with van der Waals surface area (Å²) in [6.45, 7) is 1.93. The molecule has 0 bridgehead atoms.